The number of alkyl halides is 3. The molecule has 0 saturated heterocycles. The maximum absolute atomic E-state index is 12.2. The van der Waals surface area contributed by atoms with Crippen LogP contribution >= 0.6 is 0 Å². The molecule has 0 aliphatic heterocycles. The van der Waals surface area contributed by atoms with Gasteiger partial charge in [0.25, 0.3) is 5.91 Å². The number of ether oxygens (including phenoxy) is 1. The molecule has 1 aromatic rings. The Kier molecular flexibility index (Phi) is 4.25. The summed E-state index contributed by atoms with van der Waals surface area (Å²) in [6.45, 7) is 2.02. The van der Waals surface area contributed by atoms with Gasteiger partial charge in [-0.15, -0.1) is 13.2 Å². The van der Waals surface area contributed by atoms with E-state index < -0.39 is 6.36 Å². The molecule has 2 aliphatic carbocycles. The van der Waals surface area contributed by atoms with Crippen LogP contribution in [0.1, 0.15) is 43.0 Å². The van der Waals surface area contributed by atoms with E-state index in [2.05, 4.69) is 10.1 Å². The van der Waals surface area contributed by atoms with Gasteiger partial charge >= 0.3 is 6.36 Å². The Morgan fingerprint density at radius 2 is 1.91 bits per heavy atom. The summed E-state index contributed by atoms with van der Waals surface area (Å²) < 4.78 is 40.2. The van der Waals surface area contributed by atoms with Gasteiger partial charge in [-0.2, -0.15) is 0 Å². The van der Waals surface area contributed by atoms with E-state index in [4.69, 9.17) is 0 Å². The van der Waals surface area contributed by atoms with Crippen molar-refractivity contribution in [2.45, 2.75) is 45.0 Å². The number of rotatable bonds is 4. The van der Waals surface area contributed by atoms with Crippen molar-refractivity contribution in [2.75, 3.05) is 0 Å². The van der Waals surface area contributed by atoms with Gasteiger partial charge in [-0.25, -0.2) is 0 Å². The van der Waals surface area contributed by atoms with Crippen LogP contribution in [0.5, 0.6) is 5.75 Å². The molecule has 0 spiro atoms. The number of halogens is 3. The van der Waals surface area contributed by atoms with Crippen molar-refractivity contribution in [3.63, 3.8) is 0 Å². The Balaban J connectivity index is 1.57. The first-order valence-corrected chi connectivity index (χ1v) is 7.98. The molecule has 2 fully saturated rings. The summed E-state index contributed by atoms with van der Waals surface area (Å²) in [4.78, 5) is 12.2. The summed E-state index contributed by atoms with van der Waals surface area (Å²) in [7, 11) is 0. The van der Waals surface area contributed by atoms with Crippen LogP contribution in [-0.2, 0) is 0 Å². The summed E-state index contributed by atoms with van der Waals surface area (Å²) in [5, 5.41) is 2.99. The first kappa shape index (κ1) is 16.1. The standard InChI is InChI=1S/C17H20F3NO2/c1-10(15-9-11-2-3-13(15)8-11)21-16(22)12-4-6-14(7-5-12)23-17(18,19)20/h4-7,10-11,13,15H,2-3,8-9H2,1H3,(H,21,22)/t10-,11-,13-,15+/m0/s1. The van der Waals surface area contributed by atoms with Crippen molar-refractivity contribution < 1.29 is 22.7 Å². The predicted octanol–water partition coefficient (Wildman–Crippen LogP) is 4.14. The van der Waals surface area contributed by atoms with Gasteiger partial charge in [0, 0.05) is 11.6 Å². The van der Waals surface area contributed by atoms with E-state index in [9.17, 15) is 18.0 Å². The van der Waals surface area contributed by atoms with Crippen LogP contribution in [0.15, 0.2) is 24.3 Å². The SMILES string of the molecule is C[C@H](NC(=O)c1ccc(OC(F)(F)F)cc1)[C@H]1C[C@H]2CC[C@H]1C2. The topological polar surface area (TPSA) is 38.3 Å². The smallest absolute Gasteiger partial charge is 0.406 e. The van der Waals surface area contributed by atoms with Crippen molar-refractivity contribution in [2.24, 2.45) is 17.8 Å². The zero-order valence-electron chi connectivity index (χ0n) is 12.9. The van der Waals surface area contributed by atoms with E-state index in [0.717, 1.165) is 18.1 Å². The lowest BCUT2D eigenvalue weighted by Crippen LogP contribution is -2.40. The Hall–Kier alpha value is -1.72. The van der Waals surface area contributed by atoms with Crippen LogP contribution in [0.2, 0.25) is 0 Å². The number of benzene rings is 1. The lowest BCUT2D eigenvalue weighted by molar-refractivity contribution is -0.274. The number of hydrogen-bond donors (Lipinski definition) is 1. The highest BCUT2D eigenvalue weighted by Gasteiger charge is 2.42. The van der Waals surface area contributed by atoms with Gasteiger partial charge in [0.2, 0.25) is 0 Å². The third-order valence-electron chi connectivity index (χ3n) is 5.14. The van der Waals surface area contributed by atoms with Gasteiger partial charge < -0.3 is 10.1 Å². The lowest BCUT2D eigenvalue weighted by atomic mass is 9.84. The molecule has 23 heavy (non-hydrogen) atoms. The van der Waals surface area contributed by atoms with Crippen molar-refractivity contribution in [3.8, 4) is 5.75 Å². The Bertz CT molecular complexity index is 570. The first-order valence-electron chi connectivity index (χ1n) is 7.98. The van der Waals surface area contributed by atoms with E-state index in [1.807, 2.05) is 6.92 Å². The van der Waals surface area contributed by atoms with Gasteiger partial charge in [0.1, 0.15) is 5.75 Å². The number of hydrogen-bond acceptors (Lipinski definition) is 2. The highest BCUT2D eigenvalue weighted by atomic mass is 19.4. The van der Waals surface area contributed by atoms with Crippen LogP contribution in [0.25, 0.3) is 0 Å². The minimum absolute atomic E-state index is 0.0869. The molecule has 1 aromatic carbocycles. The minimum atomic E-state index is -4.72. The average Bonchev–Trinajstić information content (AvgIpc) is 3.08. The molecule has 0 unspecified atom stereocenters. The Morgan fingerprint density at radius 1 is 1.22 bits per heavy atom. The molecular weight excluding hydrogens is 307 g/mol. The fraction of sp³-hybridized carbons (Fsp3) is 0.588. The number of carbonyl (C=O) groups is 1. The molecule has 1 amide bonds. The zero-order chi connectivity index (χ0) is 16.6. The van der Waals surface area contributed by atoms with E-state index in [1.54, 1.807) is 0 Å². The number of carbonyl (C=O) groups excluding carboxylic acids is 1. The fourth-order valence-corrected chi connectivity index (χ4v) is 4.11. The van der Waals surface area contributed by atoms with E-state index in [1.165, 1.54) is 37.8 Å². The van der Waals surface area contributed by atoms with Crippen molar-refractivity contribution in [3.05, 3.63) is 29.8 Å². The van der Waals surface area contributed by atoms with E-state index in [0.29, 0.717) is 17.4 Å². The second-order valence-corrected chi connectivity index (χ2v) is 6.67. The van der Waals surface area contributed by atoms with Crippen LogP contribution in [0.4, 0.5) is 13.2 Å². The molecular formula is C17H20F3NO2. The summed E-state index contributed by atoms with van der Waals surface area (Å²) in [6.07, 6.45) is 0.278. The largest absolute Gasteiger partial charge is 0.573 e. The molecule has 3 rings (SSSR count). The maximum atomic E-state index is 12.2. The molecule has 126 valence electrons. The third kappa shape index (κ3) is 3.79. The van der Waals surface area contributed by atoms with Crippen LogP contribution in [0.3, 0.4) is 0 Å². The predicted molar refractivity (Wildman–Crippen MR) is 79.0 cm³/mol. The summed E-state index contributed by atoms with van der Waals surface area (Å²) in [5.41, 5.74) is 0.342. The summed E-state index contributed by atoms with van der Waals surface area (Å²) in [6, 6.07) is 5.10. The molecule has 1 N–H and O–H groups in total. The summed E-state index contributed by atoms with van der Waals surface area (Å²) >= 11 is 0. The third-order valence-corrected chi connectivity index (χ3v) is 5.14. The lowest BCUT2D eigenvalue weighted by Gasteiger charge is -2.28. The normalized spacial score (nSPS) is 27.7. The monoisotopic (exact) mass is 327 g/mol. The van der Waals surface area contributed by atoms with Crippen molar-refractivity contribution in [1.82, 2.24) is 5.32 Å². The maximum Gasteiger partial charge on any atom is 0.573 e. The van der Waals surface area contributed by atoms with Crippen molar-refractivity contribution >= 4 is 5.91 Å². The molecule has 2 saturated carbocycles. The van der Waals surface area contributed by atoms with E-state index >= 15 is 0 Å². The van der Waals surface area contributed by atoms with E-state index in [-0.39, 0.29) is 17.7 Å². The molecule has 3 nitrogen and oxygen atoms in total. The highest BCUT2D eigenvalue weighted by Crippen LogP contribution is 2.49. The number of fused-ring (bicyclic) bond motifs is 2. The first-order chi connectivity index (χ1) is 10.8. The molecule has 2 bridgehead atoms. The second-order valence-electron chi connectivity index (χ2n) is 6.67. The van der Waals surface area contributed by atoms with Crippen LogP contribution in [-0.4, -0.2) is 18.3 Å². The van der Waals surface area contributed by atoms with Gasteiger partial charge in [0.15, 0.2) is 0 Å². The molecule has 0 aromatic heterocycles. The van der Waals surface area contributed by atoms with Gasteiger partial charge in [0.05, 0.1) is 0 Å². The Morgan fingerprint density at radius 3 is 2.43 bits per heavy atom. The molecule has 0 heterocycles. The average molecular weight is 327 g/mol. The van der Waals surface area contributed by atoms with Gasteiger partial charge in [-0.1, -0.05) is 6.42 Å². The summed E-state index contributed by atoms with van der Waals surface area (Å²) in [5.74, 6) is 1.46. The zero-order valence-corrected chi connectivity index (χ0v) is 12.9. The molecule has 4 atom stereocenters. The van der Waals surface area contributed by atoms with Crippen LogP contribution < -0.4 is 10.1 Å². The fourth-order valence-electron chi connectivity index (χ4n) is 4.11. The van der Waals surface area contributed by atoms with Crippen molar-refractivity contribution in [1.29, 1.82) is 0 Å². The minimum Gasteiger partial charge on any atom is -0.406 e. The van der Waals surface area contributed by atoms with Crippen LogP contribution in [0, 0.1) is 17.8 Å². The Labute approximate surface area is 133 Å². The second kappa shape index (κ2) is 6.06. The number of amides is 1. The molecule has 2 aliphatic rings. The van der Waals surface area contributed by atoms with Gasteiger partial charge in [-0.3, -0.25) is 4.79 Å². The molecule has 6 heteroatoms. The van der Waals surface area contributed by atoms with Gasteiger partial charge in [-0.05, 0) is 68.2 Å². The highest BCUT2D eigenvalue weighted by molar-refractivity contribution is 5.94. The number of nitrogens with one attached hydrogen (secondary N) is 1. The molecule has 0 radical (unpaired) electrons. The quantitative estimate of drug-likeness (QED) is 0.902.